The highest BCUT2D eigenvalue weighted by Crippen LogP contribution is 2.50. The predicted octanol–water partition coefficient (Wildman–Crippen LogP) is 1.13. The molecule has 1 N–H and O–H groups in total. The van der Waals surface area contributed by atoms with E-state index in [2.05, 4.69) is 5.10 Å². The fourth-order valence-corrected chi connectivity index (χ4v) is 4.00. The first-order chi connectivity index (χ1) is 11.0. The Morgan fingerprint density at radius 2 is 2.22 bits per heavy atom. The van der Waals surface area contributed by atoms with Crippen molar-refractivity contribution in [2.45, 2.75) is 51.2 Å². The van der Waals surface area contributed by atoms with E-state index in [0.29, 0.717) is 13.0 Å². The third-order valence-corrected chi connectivity index (χ3v) is 5.54. The first-order valence-corrected chi connectivity index (χ1v) is 8.60. The molecule has 23 heavy (non-hydrogen) atoms. The van der Waals surface area contributed by atoms with Gasteiger partial charge in [-0.05, 0) is 31.7 Å². The molecule has 2 aliphatic rings. The summed E-state index contributed by atoms with van der Waals surface area (Å²) in [6, 6.07) is 0. The maximum absolute atomic E-state index is 12.4. The highest BCUT2D eigenvalue weighted by molar-refractivity contribution is 5.76. The van der Waals surface area contributed by atoms with Gasteiger partial charge in [-0.3, -0.25) is 9.48 Å². The number of ether oxygens (including phenoxy) is 1. The summed E-state index contributed by atoms with van der Waals surface area (Å²) in [5.74, 6) is 0.200. The average Bonchev–Trinajstić information content (AvgIpc) is 2.98. The van der Waals surface area contributed by atoms with Gasteiger partial charge in [0.2, 0.25) is 5.91 Å². The Balaban J connectivity index is 1.49. The average molecular weight is 321 g/mol. The Kier molecular flexibility index (Phi) is 4.73. The molecular weight excluding hydrogens is 294 g/mol. The van der Waals surface area contributed by atoms with E-state index in [1.54, 1.807) is 4.68 Å². The maximum atomic E-state index is 12.4. The third kappa shape index (κ3) is 3.15. The number of piperidine rings is 1. The first kappa shape index (κ1) is 16.5. The van der Waals surface area contributed by atoms with Crippen molar-refractivity contribution in [2.24, 2.45) is 12.5 Å². The SMILES string of the molecule is CCO[C@H]1C[C@@H](O)C12CCN(C(=O)CCc1cnn(C)c1)CC2. The molecule has 2 atom stereocenters. The molecule has 1 aliphatic heterocycles. The Morgan fingerprint density at radius 1 is 1.48 bits per heavy atom. The van der Waals surface area contributed by atoms with Gasteiger partial charge in [-0.15, -0.1) is 0 Å². The van der Waals surface area contributed by atoms with Crippen LogP contribution in [0.4, 0.5) is 0 Å². The normalized spacial score (nSPS) is 26.3. The summed E-state index contributed by atoms with van der Waals surface area (Å²) in [6.45, 7) is 4.14. The number of aryl methyl sites for hydroxylation is 2. The van der Waals surface area contributed by atoms with Gasteiger partial charge in [-0.2, -0.15) is 5.10 Å². The van der Waals surface area contributed by atoms with Crippen LogP contribution in [-0.4, -0.2) is 57.6 Å². The number of hydrogen-bond acceptors (Lipinski definition) is 4. The van der Waals surface area contributed by atoms with Crippen molar-refractivity contribution in [2.75, 3.05) is 19.7 Å². The smallest absolute Gasteiger partial charge is 0.222 e. The van der Waals surface area contributed by atoms with E-state index < -0.39 is 0 Å². The number of hydrogen-bond donors (Lipinski definition) is 1. The van der Waals surface area contributed by atoms with Gasteiger partial charge in [-0.1, -0.05) is 0 Å². The lowest BCUT2D eigenvalue weighted by atomic mass is 9.58. The van der Waals surface area contributed by atoms with Gasteiger partial charge in [-0.25, -0.2) is 0 Å². The number of likely N-dealkylation sites (tertiary alicyclic amines) is 1. The van der Waals surface area contributed by atoms with Crippen LogP contribution in [0.15, 0.2) is 12.4 Å². The van der Waals surface area contributed by atoms with Crippen LogP contribution in [0.3, 0.4) is 0 Å². The number of carbonyl (C=O) groups excluding carboxylic acids is 1. The highest BCUT2D eigenvalue weighted by Gasteiger charge is 2.56. The topological polar surface area (TPSA) is 67.6 Å². The summed E-state index contributed by atoms with van der Waals surface area (Å²) in [7, 11) is 1.88. The lowest BCUT2D eigenvalue weighted by Gasteiger charge is -2.56. The Labute approximate surface area is 137 Å². The number of rotatable bonds is 5. The molecule has 128 valence electrons. The van der Waals surface area contributed by atoms with Crippen LogP contribution in [0, 0.1) is 5.41 Å². The van der Waals surface area contributed by atoms with Crippen LogP contribution in [0.25, 0.3) is 0 Å². The van der Waals surface area contributed by atoms with E-state index in [1.807, 2.05) is 31.3 Å². The number of aliphatic hydroxyl groups excluding tert-OH is 1. The van der Waals surface area contributed by atoms with Gasteiger partial charge in [0, 0.05) is 51.2 Å². The molecule has 6 nitrogen and oxygen atoms in total. The summed E-state index contributed by atoms with van der Waals surface area (Å²) in [6.07, 6.45) is 7.35. The molecule has 1 spiro atoms. The molecule has 0 aromatic carbocycles. The molecule has 2 heterocycles. The van der Waals surface area contributed by atoms with Crippen LogP contribution in [-0.2, 0) is 23.0 Å². The van der Waals surface area contributed by atoms with E-state index in [9.17, 15) is 9.90 Å². The molecule has 6 heteroatoms. The molecule has 3 rings (SSSR count). The zero-order valence-electron chi connectivity index (χ0n) is 14.1. The zero-order chi connectivity index (χ0) is 16.4. The van der Waals surface area contributed by atoms with Crippen LogP contribution in [0.2, 0.25) is 0 Å². The van der Waals surface area contributed by atoms with Crippen molar-refractivity contribution in [3.63, 3.8) is 0 Å². The minimum absolute atomic E-state index is 0.115. The van der Waals surface area contributed by atoms with Crippen molar-refractivity contribution >= 4 is 5.91 Å². The molecule has 1 aromatic heterocycles. The summed E-state index contributed by atoms with van der Waals surface area (Å²) in [5, 5.41) is 14.3. The van der Waals surface area contributed by atoms with Crippen molar-refractivity contribution in [1.82, 2.24) is 14.7 Å². The summed E-state index contributed by atoms with van der Waals surface area (Å²) in [5.41, 5.74) is 0.982. The quantitative estimate of drug-likeness (QED) is 0.883. The Morgan fingerprint density at radius 3 is 2.78 bits per heavy atom. The van der Waals surface area contributed by atoms with Gasteiger partial charge in [0.05, 0.1) is 18.4 Å². The van der Waals surface area contributed by atoms with E-state index in [1.165, 1.54) is 0 Å². The van der Waals surface area contributed by atoms with Crippen molar-refractivity contribution < 1.29 is 14.6 Å². The number of aliphatic hydroxyl groups is 1. The Bertz CT molecular complexity index is 547. The van der Waals surface area contributed by atoms with E-state index in [4.69, 9.17) is 4.74 Å². The first-order valence-electron chi connectivity index (χ1n) is 8.60. The van der Waals surface area contributed by atoms with Crippen molar-refractivity contribution in [3.05, 3.63) is 18.0 Å². The molecule has 0 radical (unpaired) electrons. The maximum Gasteiger partial charge on any atom is 0.222 e. The second-order valence-electron chi connectivity index (χ2n) is 6.83. The van der Waals surface area contributed by atoms with E-state index in [0.717, 1.165) is 44.3 Å². The lowest BCUT2D eigenvalue weighted by Crippen LogP contribution is -2.62. The molecule has 0 bridgehead atoms. The third-order valence-electron chi connectivity index (χ3n) is 5.54. The minimum atomic E-state index is -0.272. The molecule has 1 saturated carbocycles. The fraction of sp³-hybridized carbons (Fsp3) is 0.765. The zero-order valence-corrected chi connectivity index (χ0v) is 14.1. The van der Waals surface area contributed by atoms with Crippen LogP contribution in [0.5, 0.6) is 0 Å². The minimum Gasteiger partial charge on any atom is -0.392 e. The van der Waals surface area contributed by atoms with Gasteiger partial charge in [0.25, 0.3) is 0 Å². The second-order valence-corrected chi connectivity index (χ2v) is 6.83. The molecule has 1 aliphatic carbocycles. The summed E-state index contributed by atoms with van der Waals surface area (Å²) >= 11 is 0. The van der Waals surface area contributed by atoms with Gasteiger partial charge < -0.3 is 14.7 Å². The fourth-order valence-electron chi connectivity index (χ4n) is 4.00. The number of amides is 1. The van der Waals surface area contributed by atoms with Crippen LogP contribution in [0.1, 0.15) is 38.2 Å². The molecule has 1 saturated heterocycles. The van der Waals surface area contributed by atoms with E-state index in [-0.39, 0.29) is 23.5 Å². The summed E-state index contributed by atoms with van der Waals surface area (Å²) < 4.78 is 7.53. The lowest BCUT2D eigenvalue weighted by molar-refractivity contribution is -0.210. The molecule has 0 unspecified atom stereocenters. The molecule has 1 aromatic rings. The highest BCUT2D eigenvalue weighted by atomic mass is 16.5. The number of carbonyl (C=O) groups is 1. The summed E-state index contributed by atoms with van der Waals surface area (Å²) in [4.78, 5) is 14.3. The van der Waals surface area contributed by atoms with Crippen LogP contribution < -0.4 is 0 Å². The largest absolute Gasteiger partial charge is 0.392 e. The Hall–Kier alpha value is -1.40. The van der Waals surface area contributed by atoms with Gasteiger partial charge >= 0.3 is 0 Å². The second kappa shape index (κ2) is 6.61. The van der Waals surface area contributed by atoms with Gasteiger partial charge in [0.1, 0.15) is 0 Å². The monoisotopic (exact) mass is 321 g/mol. The molecule has 2 fully saturated rings. The van der Waals surface area contributed by atoms with Crippen molar-refractivity contribution in [3.8, 4) is 0 Å². The number of aromatic nitrogens is 2. The van der Waals surface area contributed by atoms with E-state index >= 15 is 0 Å². The van der Waals surface area contributed by atoms with Gasteiger partial charge in [0.15, 0.2) is 0 Å². The molecule has 1 amide bonds. The molecular formula is C17H27N3O3. The van der Waals surface area contributed by atoms with Crippen LogP contribution >= 0.6 is 0 Å². The number of nitrogens with zero attached hydrogens (tertiary/aromatic N) is 3. The predicted molar refractivity (Wildman–Crippen MR) is 85.8 cm³/mol. The van der Waals surface area contributed by atoms with Crippen molar-refractivity contribution in [1.29, 1.82) is 0 Å². The standard InChI is InChI=1S/C17H27N3O3/c1-3-23-15-10-14(21)17(15)6-8-20(9-7-17)16(22)5-4-13-11-18-19(2)12-13/h11-12,14-15,21H,3-10H2,1-2H3/t14-,15+/m1/s1.